The SMILES string of the molecule is CC(C)(C(=O)Nc1ccc(C(F)(F)F)cc1)c1ccccc1Cl. The van der Waals surface area contributed by atoms with Crippen LogP contribution in [0.1, 0.15) is 25.0 Å². The van der Waals surface area contributed by atoms with Gasteiger partial charge in [-0.05, 0) is 49.7 Å². The third-order valence-electron chi connectivity index (χ3n) is 3.58. The molecule has 23 heavy (non-hydrogen) atoms. The summed E-state index contributed by atoms with van der Waals surface area (Å²) in [5.74, 6) is -0.356. The molecule has 122 valence electrons. The van der Waals surface area contributed by atoms with E-state index in [0.717, 1.165) is 12.1 Å². The van der Waals surface area contributed by atoms with Crippen LogP contribution in [0.15, 0.2) is 48.5 Å². The number of alkyl halides is 3. The fourth-order valence-corrected chi connectivity index (χ4v) is 2.49. The zero-order valence-electron chi connectivity index (χ0n) is 12.5. The van der Waals surface area contributed by atoms with E-state index in [1.807, 2.05) is 0 Å². The lowest BCUT2D eigenvalue weighted by Crippen LogP contribution is -2.35. The Morgan fingerprint density at radius 3 is 2.09 bits per heavy atom. The van der Waals surface area contributed by atoms with E-state index >= 15 is 0 Å². The minimum absolute atomic E-state index is 0.295. The molecule has 0 radical (unpaired) electrons. The molecule has 0 aliphatic carbocycles. The Hall–Kier alpha value is -2.01. The summed E-state index contributed by atoms with van der Waals surface area (Å²) in [5.41, 5.74) is -0.754. The lowest BCUT2D eigenvalue weighted by molar-refractivity contribution is -0.137. The number of nitrogens with one attached hydrogen (secondary N) is 1. The molecular formula is C17H15ClF3NO. The lowest BCUT2D eigenvalue weighted by Gasteiger charge is -2.25. The maximum absolute atomic E-state index is 12.5. The molecule has 0 atom stereocenters. The number of benzene rings is 2. The van der Waals surface area contributed by atoms with Gasteiger partial charge in [-0.1, -0.05) is 29.8 Å². The molecule has 0 aliphatic rings. The fraction of sp³-hybridized carbons (Fsp3) is 0.235. The van der Waals surface area contributed by atoms with Crippen molar-refractivity contribution < 1.29 is 18.0 Å². The van der Waals surface area contributed by atoms with Crippen LogP contribution < -0.4 is 5.32 Å². The summed E-state index contributed by atoms with van der Waals surface area (Å²) in [5, 5.41) is 3.08. The first-order valence-corrected chi connectivity index (χ1v) is 7.24. The van der Waals surface area contributed by atoms with Gasteiger partial charge in [0, 0.05) is 10.7 Å². The van der Waals surface area contributed by atoms with Gasteiger partial charge in [0.05, 0.1) is 11.0 Å². The zero-order chi connectivity index (χ0) is 17.3. The predicted octanol–water partition coefficient (Wildman–Crippen LogP) is 5.28. The Kier molecular flexibility index (Phi) is 4.71. The van der Waals surface area contributed by atoms with Gasteiger partial charge in [-0.3, -0.25) is 4.79 Å². The van der Waals surface area contributed by atoms with Crippen LogP contribution in [0.3, 0.4) is 0 Å². The van der Waals surface area contributed by atoms with E-state index in [4.69, 9.17) is 11.6 Å². The summed E-state index contributed by atoms with van der Waals surface area (Å²) in [6, 6.07) is 11.3. The average Bonchev–Trinajstić information content (AvgIpc) is 2.47. The van der Waals surface area contributed by atoms with E-state index < -0.39 is 17.2 Å². The second kappa shape index (κ2) is 6.24. The predicted molar refractivity (Wildman–Crippen MR) is 84.6 cm³/mol. The van der Waals surface area contributed by atoms with Gasteiger partial charge in [0.1, 0.15) is 0 Å². The van der Waals surface area contributed by atoms with Crippen LogP contribution in [0.5, 0.6) is 0 Å². The van der Waals surface area contributed by atoms with Crippen LogP contribution in [0, 0.1) is 0 Å². The van der Waals surface area contributed by atoms with E-state index in [2.05, 4.69) is 5.32 Å². The van der Waals surface area contributed by atoms with Crippen LogP contribution in [0.4, 0.5) is 18.9 Å². The molecule has 1 amide bonds. The van der Waals surface area contributed by atoms with E-state index in [1.54, 1.807) is 38.1 Å². The highest BCUT2D eigenvalue weighted by atomic mass is 35.5. The minimum atomic E-state index is -4.40. The first kappa shape index (κ1) is 17.3. The van der Waals surface area contributed by atoms with Gasteiger partial charge < -0.3 is 5.32 Å². The van der Waals surface area contributed by atoms with Gasteiger partial charge in [0.25, 0.3) is 0 Å². The summed E-state index contributed by atoms with van der Waals surface area (Å²) in [4.78, 5) is 12.5. The summed E-state index contributed by atoms with van der Waals surface area (Å²) >= 11 is 6.12. The summed E-state index contributed by atoms with van der Waals surface area (Å²) in [6.45, 7) is 3.40. The molecule has 2 nitrogen and oxygen atoms in total. The molecule has 0 fully saturated rings. The normalized spacial score (nSPS) is 12.1. The molecule has 0 bridgehead atoms. The van der Waals surface area contributed by atoms with Gasteiger partial charge in [-0.15, -0.1) is 0 Å². The van der Waals surface area contributed by atoms with Gasteiger partial charge in [0.2, 0.25) is 5.91 Å². The van der Waals surface area contributed by atoms with Crippen molar-refractivity contribution in [2.75, 3.05) is 5.32 Å². The maximum atomic E-state index is 12.5. The van der Waals surface area contributed by atoms with Crippen molar-refractivity contribution >= 4 is 23.2 Å². The third-order valence-corrected chi connectivity index (χ3v) is 3.91. The highest BCUT2D eigenvalue weighted by Crippen LogP contribution is 2.32. The van der Waals surface area contributed by atoms with Crippen molar-refractivity contribution in [2.24, 2.45) is 0 Å². The number of amides is 1. The summed E-state index contributed by atoms with van der Waals surface area (Å²) in [6.07, 6.45) is -4.40. The second-order valence-corrected chi connectivity index (χ2v) is 6.04. The minimum Gasteiger partial charge on any atom is -0.325 e. The van der Waals surface area contributed by atoms with Gasteiger partial charge in [0.15, 0.2) is 0 Å². The molecule has 0 saturated carbocycles. The van der Waals surface area contributed by atoms with E-state index in [-0.39, 0.29) is 5.91 Å². The largest absolute Gasteiger partial charge is 0.416 e. The first-order chi connectivity index (χ1) is 10.6. The van der Waals surface area contributed by atoms with Crippen LogP contribution in [0.25, 0.3) is 0 Å². The molecule has 0 unspecified atom stereocenters. The zero-order valence-corrected chi connectivity index (χ0v) is 13.3. The van der Waals surface area contributed by atoms with Crippen LogP contribution in [0.2, 0.25) is 5.02 Å². The monoisotopic (exact) mass is 341 g/mol. The number of carbonyl (C=O) groups excluding carboxylic acids is 1. The standard InChI is InChI=1S/C17H15ClF3NO/c1-16(2,13-5-3-4-6-14(13)18)15(23)22-12-9-7-11(8-10-12)17(19,20)21/h3-10H,1-2H3,(H,22,23). The van der Waals surface area contributed by atoms with E-state index in [1.165, 1.54) is 12.1 Å². The van der Waals surface area contributed by atoms with Crippen LogP contribution in [-0.2, 0) is 16.4 Å². The molecule has 0 spiro atoms. The van der Waals surface area contributed by atoms with Crippen LogP contribution >= 0.6 is 11.6 Å². The smallest absolute Gasteiger partial charge is 0.325 e. The Morgan fingerprint density at radius 1 is 1.00 bits per heavy atom. The second-order valence-electron chi connectivity index (χ2n) is 5.63. The lowest BCUT2D eigenvalue weighted by atomic mass is 9.83. The van der Waals surface area contributed by atoms with Crippen molar-refractivity contribution in [2.45, 2.75) is 25.4 Å². The molecular weight excluding hydrogens is 327 g/mol. The van der Waals surface area contributed by atoms with Crippen molar-refractivity contribution in [3.63, 3.8) is 0 Å². The quantitative estimate of drug-likeness (QED) is 0.809. The van der Waals surface area contributed by atoms with Crippen LogP contribution in [-0.4, -0.2) is 5.91 Å². The molecule has 0 aliphatic heterocycles. The first-order valence-electron chi connectivity index (χ1n) is 6.86. The highest BCUT2D eigenvalue weighted by Gasteiger charge is 2.32. The number of rotatable bonds is 3. The molecule has 0 heterocycles. The summed E-state index contributed by atoms with van der Waals surface area (Å²) < 4.78 is 37.6. The molecule has 2 aromatic rings. The van der Waals surface area contributed by atoms with Gasteiger partial charge in [-0.25, -0.2) is 0 Å². The Bertz CT molecular complexity index is 709. The van der Waals surface area contributed by atoms with Crippen molar-refractivity contribution in [1.29, 1.82) is 0 Å². The third kappa shape index (κ3) is 3.85. The average molecular weight is 342 g/mol. The Morgan fingerprint density at radius 2 is 1.57 bits per heavy atom. The topological polar surface area (TPSA) is 29.1 Å². The number of hydrogen-bond donors (Lipinski definition) is 1. The van der Waals surface area contributed by atoms with Crippen molar-refractivity contribution in [3.05, 3.63) is 64.7 Å². The number of anilines is 1. The maximum Gasteiger partial charge on any atom is 0.416 e. The van der Waals surface area contributed by atoms with Crippen molar-refractivity contribution in [3.8, 4) is 0 Å². The highest BCUT2D eigenvalue weighted by molar-refractivity contribution is 6.31. The number of carbonyl (C=O) groups is 1. The summed E-state index contributed by atoms with van der Waals surface area (Å²) in [7, 11) is 0. The Balaban J connectivity index is 2.20. The molecule has 6 heteroatoms. The molecule has 0 saturated heterocycles. The molecule has 2 aromatic carbocycles. The molecule has 0 aromatic heterocycles. The van der Waals surface area contributed by atoms with Gasteiger partial charge in [-0.2, -0.15) is 13.2 Å². The number of halogens is 4. The molecule has 1 N–H and O–H groups in total. The van der Waals surface area contributed by atoms with Gasteiger partial charge >= 0.3 is 6.18 Å². The fourth-order valence-electron chi connectivity index (χ4n) is 2.12. The number of hydrogen-bond acceptors (Lipinski definition) is 1. The van der Waals surface area contributed by atoms with E-state index in [9.17, 15) is 18.0 Å². The molecule has 2 rings (SSSR count). The van der Waals surface area contributed by atoms with E-state index in [0.29, 0.717) is 16.3 Å². The van der Waals surface area contributed by atoms with Crippen molar-refractivity contribution in [1.82, 2.24) is 0 Å². The Labute approximate surface area is 137 Å².